The van der Waals surface area contributed by atoms with E-state index in [0.29, 0.717) is 6.54 Å². The summed E-state index contributed by atoms with van der Waals surface area (Å²) >= 11 is 0. The highest BCUT2D eigenvalue weighted by atomic mass is 19.1. The van der Waals surface area contributed by atoms with Gasteiger partial charge in [-0.2, -0.15) is 0 Å². The number of hydrogen-bond donors (Lipinski definition) is 3. The van der Waals surface area contributed by atoms with Gasteiger partial charge in [0.25, 0.3) is 0 Å². The van der Waals surface area contributed by atoms with E-state index in [9.17, 15) is 19.4 Å². The Balaban J connectivity index is 2.00. The Morgan fingerprint density at radius 1 is 1.30 bits per heavy atom. The van der Waals surface area contributed by atoms with E-state index in [2.05, 4.69) is 5.32 Å². The second kappa shape index (κ2) is 8.38. The summed E-state index contributed by atoms with van der Waals surface area (Å²) < 4.78 is 14.3. The van der Waals surface area contributed by atoms with Crippen molar-refractivity contribution >= 4 is 5.91 Å². The quantitative estimate of drug-likeness (QED) is 0.683. The Morgan fingerprint density at radius 3 is 2.61 bits per heavy atom. The van der Waals surface area contributed by atoms with Gasteiger partial charge in [-0.25, -0.2) is 4.39 Å². The molecule has 1 aromatic carbocycles. The fourth-order valence-corrected chi connectivity index (χ4v) is 3.24. The molecule has 1 aromatic rings. The van der Waals surface area contributed by atoms with E-state index >= 15 is 0 Å². The molecule has 1 unspecified atom stereocenters. The molecule has 1 amide bonds. The molecule has 0 aromatic heterocycles. The van der Waals surface area contributed by atoms with Crippen LogP contribution in [0.4, 0.5) is 4.39 Å². The zero-order valence-electron chi connectivity index (χ0n) is 13.4. The van der Waals surface area contributed by atoms with Gasteiger partial charge >= 0.3 is 0 Å². The predicted octanol–water partition coefficient (Wildman–Crippen LogP) is 0.499. The first-order valence-corrected chi connectivity index (χ1v) is 8.01. The SMILES string of the molecule is CNC(=O)CC1[C@H](F)[C@H](O)[C@@H](CO)N1CCCc1ccccc1. The van der Waals surface area contributed by atoms with Crippen molar-refractivity contribution in [2.24, 2.45) is 0 Å². The average molecular weight is 324 g/mol. The van der Waals surface area contributed by atoms with Crippen LogP contribution in [0.15, 0.2) is 30.3 Å². The molecule has 1 fully saturated rings. The number of carbonyl (C=O) groups excluding carboxylic acids is 1. The predicted molar refractivity (Wildman–Crippen MR) is 85.7 cm³/mol. The van der Waals surface area contributed by atoms with Crippen LogP contribution in [0.25, 0.3) is 0 Å². The van der Waals surface area contributed by atoms with Gasteiger partial charge in [0.05, 0.1) is 18.7 Å². The number of nitrogens with zero attached hydrogens (tertiary/aromatic N) is 1. The lowest BCUT2D eigenvalue weighted by molar-refractivity contribution is -0.122. The lowest BCUT2D eigenvalue weighted by Crippen LogP contribution is -2.43. The van der Waals surface area contributed by atoms with Crippen LogP contribution < -0.4 is 5.32 Å². The number of rotatable bonds is 7. The van der Waals surface area contributed by atoms with Crippen molar-refractivity contribution in [2.75, 3.05) is 20.2 Å². The molecule has 1 heterocycles. The first kappa shape index (κ1) is 17.8. The maximum atomic E-state index is 14.3. The third-order valence-corrected chi connectivity index (χ3v) is 4.53. The molecule has 0 bridgehead atoms. The highest BCUT2D eigenvalue weighted by Gasteiger charge is 2.48. The van der Waals surface area contributed by atoms with Gasteiger partial charge in [0.1, 0.15) is 12.3 Å². The minimum Gasteiger partial charge on any atom is -0.395 e. The largest absolute Gasteiger partial charge is 0.395 e. The maximum Gasteiger partial charge on any atom is 0.221 e. The van der Waals surface area contributed by atoms with Crippen molar-refractivity contribution in [3.8, 4) is 0 Å². The molecule has 1 aliphatic rings. The Labute approximate surface area is 136 Å². The topological polar surface area (TPSA) is 72.8 Å². The fourth-order valence-electron chi connectivity index (χ4n) is 3.24. The summed E-state index contributed by atoms with van der Waals surface area (Å²) in [6.07, 6.45) is -1.21. The normalized spacial score (nSPS) is 28.0. The number of hydrogen-bond acceptors (Lipinski definition) is 4. The van der Waals surface area contributed by atoms with Gasteiger partial charge in [-0.15, -0.1) is 0 Å². The Kier molecular flexibility index (Phi) is 6.50. The molecule has 128 valence electrons. The number of likely N-dealkylation sites (tertiary alicyclic amines) is 1. The van der Waals surface area contributed by atoms with Crippen molar-refractivity contribution in [3.63, 3.8) is 0 Å². The van der Waals surface area contributed by atoms with Crippen LogP contribution in [0, 0.1) is 0 Å². The molecule has 1 aliphatic heterocycles. The van der Waals surface area contributed by atoms with Crippen molar-refractivity contribution < 1.29 is 19.4 Å². The molecule has 0 spiro atoms. The number of aliphatic hydroxyl groups excluding tert-OH is 2. The summed E-state index contributed by atoms with van der Waals surface area (Å²) in [7, 11) is 1.50. The van der Waals surface area contributed by atoms with Gasteiger partial charge in [-0.3, -0.25) is 9.69 Å². The van der Waals surface area contributed by atoms with Gasteiger partial charge in [0, 0.05) is 13.5 Å². The monoisotopic (exact) mass is 324 g/mol. The van der Waals surface area contributed by atoms with Gasteiger partial charge in [-0.1, -0.05) is 30.3 Å². The highest BCUT2D eigenvalue weighted by Crippen LogP contribution is 2.30. The lowest BCUT2D eigenvalue weighted by atomic mass is 10.1. The number of alkyl halides is 1. The number of aliphatic hydroxyl groups is 2. The smallest absolute Gasteiger partial charge is 0.221 e. The summed E-state index contributed by atoms with van der Waals surface area (Å²) in [4.78, 5) is 13.4. The summed E-state index contributed by atoms with van der Waals surface area (Å²) in [6, 6.07) is 8.60. The second-order valence-corrected chi connectivity index (χ2v) is 5.96. The van der Waals surface area contributed by atoms with Crippen molar-refractivity contribution in [1.82, 2.24) is 10.2 Å². The minimum absolute atomic E-state index is 0.0173. The molecule has 6 heteroatoms. The van der Waals surface area contributed by atoms with Crippen molar-refractivity contribution in [1.29, 1.82) is 0 Å². The Hall–Kier alpha value is -1.50. The van der Waals surface area contributed by atoms with E-state index < -0.39 is 24.4 Å². The third kappa shape index (κ3) is 4.28. The molecular formula is C17H25FN2O3. The van der Waals surface area contributed by atoms with E-state index in [4.69, 9.17) is 0 Å². The van der Waals surface area contributed by atoms with E-state index in [0.717, 1.165) is 12.8 Å². The number of halogens is 1. The zero-order valence-corrected chi connectivity index (χ0v) is 13.4. The van der Waals surface area contributed by atoms with Crippen LogP contribution in [0.1, 0.15) is 18.4 Å². The van der Waals surface area contributed by atoms with Crippen molar-refractivity contribution in [3.05, 3.63) is 35.9 Å². The summed E-state index contributed by atoms with van der Waals surface area (Å²) in [5, 5.41) is 22.0. The van der Waals surface area contributed by atoms with Gasteiger partial charge < -0.3 is 15.5 Å². The van der Waals surface area contributed by atoms with E-state index in [1.165, 1.54) is 12.6 Å². The minimum atomic E-state index is -1.53. The second-order valence-electron chi connectivity index (χ2n) is 5.96. The molecule has 3 N–H and O–H groups in total. The Morgan fingerprint density at radius 2 is 2.00 bits per heavy atom. The maximum absolute atomic E-state index is 14.3. The van der Waals surface area contributed by atoms with Crippen LogP contribution in [0.5, 0.6) is 0 Å². The Bertz CT molecular complexity index is 500. The number of carbonyl (C=O) groups is 1. The summed E-state index contributed by atoms with van der Waals surface area (Å²) in [5.74, 6) is -0.267. The van der Waals surface area contributed by atoms with Crippen molar-refractivity contribution in [2.45, 2.75) is 43.6 Å². The zero-order chi connectivity index (χ0) is 16.8. The first-order chi connectivity index (χ1) is 11.1. The van der Waals surface area contributed by atoms with E-state index in [-0.39, 0.29) is 18.9 Å². The molecule has 4 atom stereocenters. The van der Waals surface area contributed by atoms with Gasteiger partial charge in [0.15, 0.2) is 0 Å². The molecule has 0 radical (unpaired) electrons. The average Bonchev–Trinajstić information content (AvgIpc) is 2.80. The van der Waals surface area contributed by atoms with Crippen LogP contribution in [-0.2, 0) is 11.2 Å². The first-order valence-electron chi connectivity index (χ1n) is 8.01. The van der Waals surface area contributed by atoms with Gasteiger partial charge in [-0.05, 0) is 24.9 Å². The number of amides is 1. The number of nitrogens with one attached hydrogen (secondary N) is 1. The molecule has 1 saturated heterocycles. The molecule has 2 rings (SSSR count). The van der Waals surface area contributed by atoms with E-state index in [1.54, 1.807) is 4.90 Å². The molecule has 5 nitrogen and oxygen atoms in total. The van der Waals surface area contributed by atoms with Crippen LogP contribution in [-0.4, -0.2) is 65.6 Å². The van der Waals surface area contributed by atoms with Crippen LogP contribution in [0.3, 0.4) is 0 Å². The van der Waals surface area contributed by atoms with Crippen LogP contribution in [0.2, 0.25) is 0 Å². The summed E-state index contributed by atoms with van der Waals surface area (Å²) in [5.41, 5.74) is 1.19. The van der Waals surface area contributed by atoms with Crippen LogP contribution >= 0.6 is 0 Å². The standard InChI is InChI=1S/C17H25FN2O3/c1-19-15(22)10-13-16(18)17(23)14(11-21)20(13)9-5-8-12-6-3-2-4-7-12/h2-4,6-7,13-14,16-17,21,23H,5,8-11H2,1H3,(H,19,22)/t13?,14-,16+,17-/m1/s1. The van der Waals surface area contributed by atoms with Gasteiger partial charge in [0.2, 0.25) is 5.91 Å². The lowest BCUT2D eigenvalue weighted by Gasteiger charge is -2.29. The number of benzene rings is 1. The number of aryl methyl sites for hydroxylation is 1. The highest BCUT2D eigenvalue weighted by molar-refractivity contribution is 5.76. The molecule has 23 heavy (non-hydrogen) atoms. The summed E-state index contributed by atoms with van der Waals surface area (Å²) in [6.45, 7) is 0.205. The van der Waals surface area contributed by atoms with E-state index in [1.807, 2.05) is 30.3 Å². The molecular weight excluding hydrogens is 299 g/mol. The fraction of sp³-hybridized carbons (Fsp3) is 0.588. The third-order valence-electron chi connectivity index (χ3n) is 4.53. The molecule has 0 saturated carbocycles. The molecule has 0 aliphatic carbocycles.